The largest absolute Gasteiger partial charge is 0.484 e. The van der Waals surface area contributed by atoms with Crippen molar-refractivity contribution in [1.82, 2.24) is 14.8 Å². The van der Waals surface area contributed by atoms with E-state index in [-0.39, 0.29) is 18.3 Å². The average Bonchev–Trinajstić information content (AvgIpc) is 2.73. The van der Waals surface area contributed by atoms with Crippen LogP contribution in [0.5, 0.6) is 5.75 Å². The number of hydrogen-bond acceptors (Lipinski definition) is 5. The number of hydrogen-bond donors (Lipinski definition) is 0. The Morgan fingerprint density at radius 2 is 1.81 bits per heavy atom. The number of carbonyl (C=O) groups excluding carboxylic acids is 2. The Morgan fingerprint density at radius 1 is 1.07 bits per heavy atom. The highest BCUT2D eigenvalue weighted by Crippen LogP contribution is 2.14. The van der Waals surface area contributed by atoms with E-state index in [1.165, 1.54) is 5.56 Å². The van der Waals surface area contributed by atoms with Crippen LogP contribution in [0.25, 0.3) is 0 Å². The lowest BCUT2D eigenvalue weighted by atomic mass is 10.1. The Balaban J connectivity index is 1.42. The SMILES string of the molecule is CCC(=O)c1ccc(OCC(=O)N2CCN(Cc3cccnc3)CC2)cc1. The first-order valence-corrected chi connectivity index (χ1v) is 9.31. The zero-order valence-electron chi connectivity index (χ0n) is 15.6. The zero-order valence-corrected chi connectivity index (χ0v) is 15.6. The van der Waals surface area contributed by atoms with Crippen LogP contribution in [0, 0.1) is 0 Å². The summed E-state index contributed by atoms with van der Waals surface area (Å²) in [6.07, 6.45) is 4.13. The molecular formula is C21H25N3O3. The molecule has 27 heavy (non-hydrogen) atoms. The second kappa shape index (κ2) is 9.28. The molecule has 142 valence electrons. The van der Waals surface area contributed by atoms with Gasteiger partial charge in [-0.3, -0.25) is 19.5 Å². The lowest BCUT2D eigenvalue weighted by Gasteiger charge is -2.34. The van der Waals surface area contributed by atoms with Crippen molar-refractivity contribution in [3.05, 3.63) is 59.9 Å². The summed E-state index contributed by atoms with van der Waals surface area (Å²) in [5.41, 5.74) is 1.85. The topological polar surface area (TPSA) is 62.7 Å². The van der Waals surface area contributed by atoms with Gasteiger partial charge >= 0.3 is 0 Å². The van der Waals surface area contributed by atoms with Crippen LogP contribution in [0.15, 0.2) is 48.8 Å². The fourth-order valence-corrected chi connectivity index (χ4v) is 3.08. The van der Waals surface area contributed by atoms with E-state index in [4.69, 9.17) is 4.74 Å². The number of Topliss-reactive ketones (excluding diaryl/α,β-unsaturated/α-hetero) is 1. The maximum atomic E-state index is 12.4. The molecule has 1 aromatic carbocycles. The van der Waals surface area contributed by atoms with Crippen LogP contribution in [0.1, 0.15) is 29.3 Å². The van der Waals surface area contributed by atoms with Crippen molar-refractivity contribution in [3.8, 4) is 5.75 Å². The highest BCUT2D eigenvalue weighted by Gasteiger charge is 2.21. The molecule has 0 bridgehead atoms. The minimum Gasteiger partial charge on any atom is -0.484 e. The van der Waals surface area contributed by atoms with Gasteiger partial charge in [0.25, 0.3) is 5.91 Å². The number of piperazine rings is 1. The maximum Gasteiger partial charge on any atom is 0.260 e. The van der Waals surface area contributed by atoms with Gasteiger partial charge in [-0.05, 0) is 35.9 Å². The Labute approximate surface area is 159 Å². The van der Waals surface area contributed by atoms with Gasteiger partial charge in [-0.2, -0.15) is 0 Å². The fraction of sp³-hybridized carbons (Fsp3) is 0.381. The first-order chi connectivity index (χ1) is 13.2. The van der Waals surface area contributed by atoms with Crippen molar-refractivity contribution < 1.29 is 14.3 Å². The van der Waals surface area contributed by atoms with Gasteiger partial charge in [0.15, 0.2) is 12.4 Å². The monoisotopic (exact) mass is 367 g/mol. The fourth-order valence-electron chi connectivity index (χ4n) is 3.08. The van der Waals surface area contributed by atoms with Crippen LogP contribution in [0.3, 0.4) is 0 Å². The van der Waals surface area contributed by atoms with E-state index in [1.807, 2.05) is 24.1 Å². The van der Waals surface area contributed by atoms with Gasteiger partial charge in [-0.15, -0.1) is 0 Å². The predicted octanol–water partition coefficient (Wildman–Crippen LogP) is 2.40. The van der Waals surface area contributed by atoms with E-state index in [9.17, 15) is 9.59 Å². The molecule has 2 aromatic rings. The first kappa shape index (κ1) is 19.0. The smallest absolute Gasteiger partial charge is 0.260 e. The summed E-state index contributed by atoms with van der Waals surface area (Å²) in [4.78, 5) is 32.3. The molecule has 0 N–H and O–H groups in total. The molecule has 1 saturated heterocycles. The molecule has 0 spiro atoms. The van der Waals surface area contributed by atoms with E-state index in [1.54, 1.807) is 30.5 Å². The highest BCUT2D eigenvalue weighted by molar-refractivity contribution is 5.95. The summed E-state index contributed by atoms with van der Waals surface area (Å²) >= 11 is 0. The number of amides is 1. The normalized spacial score (nSPS) is 14.8. The van der Waals surface area contributed by atoms with Crippen molar-refractivity contribution in [2.45, 2.75) is 19.9 Å². The van der Waals surface area contributed by atoms with Crippen LogP contribution in [-0.4, -0.2) is 59.3 Å². The minimum absolute atomic E-state index is 0.00950. The van der Waals surface area contributed by atoms with Crippen molar-refractivity contribution in [2.75, 3.05) is 32.8 Å². The molecule has 2 heterocycles. The molecule has 1 fully saturated rings. The third kappa shape index (κ3) is 5.37. The van der Waals surface area contributed by atoms with Crippen LogP contribution in [0.4, 0.5) is 0 Å². The van der Waals surface area contributed by atoms with Gasteiger partial charge in [0.1, 0.15) is 5.75 Å². The second-order valence-corrected chi connectivity index (χ2v) is 6.61. The van der Waals surface area contributed by atoms with E-state index >= 15 is 0 Å². The van der Waals surface area contributed by atoms with Gasteiger partial charge in [-0.25, -0.2) is 0 Å². The number of carbonyl (C=O) groups is 2. The van der Waals surface area contributed by atoms with E-state index in [0.717, 1.165) is 19.6 Å². The van der Waals surface area contributed by atoms with E-state index < -0.39 is 0 Å². The number of rotatable bonds is 7. The lowest BCUT2D eigenvalue weighted by Crippen LogP contribution is -2.49. The molecule has 0 aliphatic carbocycles. The summed E-state index contributed by atoms with van der Waals surface area (Å²) in [6, 6.07) is 11.0. The molecule has 1 aliphatic rings. The summed E-state index contributed by atoms with van der Waals surface area (Å²) in [6.45, 7) is 5.79. The van der Waals surface area contributed by atoms with Crippen LogP contribution >= 0.6 is 0 Å². The average molecular weight is 367 g/mol. The predicted molar refractivity (Wildman–Crippen MR) is 103 cm³/mol. The molecule has 1 aromatic heterocycles. The van der Waals surface area contributed by atoms with Crippen LogP contribution in [0.2, 0.25) is 0 Å². The Kier molecular flexibility index (Phi) is 6.54. The van der Waals surface area contributed by atoms with Crippen molar-refractivity contribution in [1.29, 1.82) is 0 Å². The summed E-state index contributed by atoms with van der Waals surface area (Å²) in [5, 5.41) is 0. The van der Waals surface area contributed by atoms with E-state index in [2.05, 4.69) is 16.0 Å². The van der Waals surface area contributed by atoms with E-state index in [0.29, 0.717) is 30.8 Å². The highest BCUT2D eigenvalue weighted by atomic mass is 16.5. The Hall–Kier alpha value is -2.73. The summed E-state index contributed by atoms with van der Waals surface area (Å²) in [5.74, 6) is 0.692. The molecule has 0 radical (unpaired) electrons. The van der Waals surface area contributed by atoms with Gasteiger partial charge in [0, 0.05) is 57.1 Å². The van der Waals surface area contributed by atoms with Crippen LogP contribution in [-0.2, 0) is 11.3 Å². The van der Waals surface area contributed by atoms with Crippen molar-refractivity contribution in [2.24, 2.45) is 0 Å². The maximum absolute atomic E-state index is 12.4. The van der Waals surface area contributed by atoms with Gasteiger partial charge in [0.2, 0.25) is 0 Å². The summed E-state index contributed by atoms with van der Waals surface area (Å²) < 4.78 is 5.59. The van der Waals surface area contributed by atoms with Gasteiger partial charge in [0.05, 0.1) is 0 Å². The second-order valence-electron chi connectivity index (χ2n) is 6.61. The minimum atomic E-state index is -0.00950. The third-order valence-corrected chi connectivity index (χ3v) is 4.71. The quantitative estimate of drug-likeness (QED) is 0.703. The Morgan fingerprint density at radius 3 is 2.44 bits per heavy atom. The van der Waals surface area contributed by atoms with Crippen molar-refractivity contribution in [3.63, 3.8) is 0 Å². The number of nitrogens with zero attached hydrogens (tertiary/aromatic N) is 3. The number of benzene rings is 1. The molecule has 6 heteroatoms. The zero-order chi connectivity index (χ0) is 19.1. The summed E-state index contributed by atoms with van der Waals surface area (Å²) in [7, 11) is 0. The molecule has 0 unspecified atom stereocenters. The number of aromatic nitrogens is 1. The number of pyridine rings is 1. The molecule has 3 rings (SSSR count). The molecule has 6 nitrogen and oxygen atoms in total. The first-order valence-electron chi connectivity index (χ1n) is 9.31. The van der Waals surface area contributed by atoms with Gasteiger partial charge < -0.3 is 9.64 Å². The standard InChI is InChI=1S/C21H25N3O3/c1-2-20(25)18-5-7-19(8-6-18)27-16-21(26)24-12-10-23(11-13-24)15-17-4-3-9-22-14-17/h3-9,14H,2,10-13,15-16H2,1H3. The number of ketones is 1. The van der Waals surface area contributed by atoms with Crippen molar-refractivity contribution >= 4 is 11.7 Å². The van der Waals surface area contributed by atoms with Crippen LogP contribution < -0.4 is 4.74 Å². The molecular weight excluding hydrogens is 342 g/mol. The molecule has 1 aliphatic heterocycles. The van der Waals surface area contributed by atoms with Gasteiger partial charge in [-0.1, -0.05) is 13.0 Å². The third-order valence-electron chi connectivity index (χ3n) is 4.71. The molecule has 0 saturated carbocycles. The number of ether oxygens (including phenoxy) is 1. The molecule has 1 amide bonds. The molecule has 0 atom stereocenters. The Bertz CT molecular complexity index is 754. The lowest BCUT2D eigenvalue weighted by molar-refractivity contribution is -0.135.